The summed E-state index contributed by atoms with van der Waals surface area (Å²) in [4.78, 5) is 16.5. The van der Waals surface area contributed by atoms with Crippen LogP contribution in [0.15, 0.2) is 46.5 Å². The standard InChI is InChI=1S/C16H13NO3S2/c1-19-13-4-2-3-5-14(13)20-15(18)8-12-10-22-16(17-12)11-6-7-21-9-11/h2-7,9-10H,8H2,1H3. The summed E-state index contributed by atoms with van der Waals surface area (Å²) in [5.74, 6) is 0.600. The molecule has 112 valence electrons. The van der Waals surface area contributed by atoms with Gasteiger partial charge in [0.25, 0.3) is 0 Å². The van der Waals surface area contributed by atoms with Crippen LogP contribution in [-0.4, -0.2) is 18.1 Å². The second kappa shape index (κ2) is 6.72. The molecule has 0 aliphatic rings. The Labute approximate surface area is 136 Å². The molecule has 0 fully saturated rings. The van der Waals surface area contributed by atoms with E-state index in [0.29, 0.717) is 17.2 Å². The van der Waals surface area contributed by atoms with Crippen LogP contribution in [0, 0.1) is 0 Å². The molecule has 6 heteroatoms. The fourth-order valence-corrected chi connectivity index (χ4v) is 3.45. The van der Waals surface area contributed by atoms with Crippen molar-refractivity contribution in [3.05, 3.63) is 52.2 Å². The van der Waals surface area contributed by atoms with E-state index in [0.717, 1.165) is 10.6 Å². The van der Waals surface area contributed by atoms with Crippen LogP contribution in [0.5, 0.6) is 11.5 Å². The maximum Gasteiger partial charge on any atom is 0.317 e. The largest absolute Gasteiger partial charge is 0.493 e. The molecule has 0 saturated carbocycles. The molecule has 0 spiro atoms. The minimum Gasteiger partial charge on any atom is -0.493 e. The fraction of sp³-hybridized carbons (Fsp3) is 0.125. The summed E-state index contributed by atoms with van der Waals surface area (Å²) in [6.45, 7) is 0. The Kier molecular flexibility index (Phi) is 4.50. The first-order chi connectivity index (χ1) is 10.8. The minimum absolute atomic E-state index is 0.138. The number of ether oxygens (including phenoxy) is 2. The number of thiazole rings is 1. The van der Waals surface area contributed by atoms with E-state index in [1.807, 2.05) is 28.3 Å². The van der Waals surface area contributed by atoms with Crippen LogP contribution in [0.1, 0.15) is 5.69 Å². The number of carbonyl (C=O) groups is 1. The Morgan fingerprint density at radius 2 is 2.00 bits per heavy atom. The number of rotatable bonds is 5. The molecule has 3 rings (SSSR count). The Morgan fingerprint density at radius 3 is 2.73 bits per heavy atom. The van der Waals surface area contributed by atoms with Crippen molar-refractivity contribution in [3.63, 3.8) is 0 Å². The average molecular weight is 331 g/mol. The predicted octanol–water partition coefficient (Wildman–Crippen LogP) is 4.03. The molecule has 0 aliphatic carbocycles. The van der Waals surface area contributed by atoms with Crippen LogP contribution < -0.4 is 9.47 Å². The number of hydrogen-bond acceptors (Lipinski definition) is 6. The second-order valence-corrected chi connectivity index (χ2v) is 6.10. The van der Waals surface area contributed by atoms with Gasteiger partial charge in [0, 0.05) is 16.3 Å². The first-order valence-corrected chi connectivity index (χ1v) is 8.39. The third-order valence-electron chi connectivity index (χ3n) is 2.94. The van der Waals surface area contributed by atoms with Crippen LogP contribution >= 0.6 is 22.7 Å². The van der Waals surface area contributed by atoms with E-state index < -0.39 is 0 Å². The average Bonchev–Trinajstić information content (AvgIpc) is 3.18. The van der Waals surface area contributed by atoms with Gasteiger partial charge in [-0.3, -0.25) is 4.79 Å². The van der Waals surface area contributed by atoms with Gasteiger partial charge in [0.1, 0.15) is 5.01 Å². The molecular weight excluding hydrogens is 318 g/mol. The van der Waals surface area contributed by atoms with Gasteiger partial charge in [0.05, 0.1) is 19.2 Å². The van der Waals surface area contributed by atoms with Gasteiger partial charge >= 0.3 is 5.97 Å². The van der Waals surface area contributed by atoms with Gasteiger partial charge in [-0.2, -0.15) is 11.3 Å². The Hall–Kier alpha value is -2.18. The maximum atomic E-state index is 12.0. The number of carbonyl (C=O) groups excluding carboxylic acids is 1. The van der Waals surface area contributed by atoms with Gasteiger partial charge in [0.2, 0.25) is 0 Å². The van der Waals surface area contributed by atoms with Crippen LogP contribution in [-0.2, 0) is 11.2 Å². The van der Waals surface area contributed by atoms with Crippen LogP contribution in [0.4, 0.5) is 0 Å². The fourth-order valence-electron chi connectivity index (χ4n) is 1.92. The first-order valence-electron chi connectivity index (χ1n) is 6.57. The molecule has 22 heavy (non-hydrogen) atoms. The molecule has 1 aromatic carbocycles. The highest BCUT2D eigenvalue weighted by Crippen LogP contribution is 2.28. The molecule has 4 nitrogen and oxygen atoms in total. The topological polar surface area (TPSA) is 48.4 Å². The predicted molar refractivity (Wildman–Crippen MR) is 87.8 cm³/mol. The van der Waals surface area contributed by atoms with Gasteiger partial charge < -0.3 is 9.47 Å². The van der Waals surface area contributed by atoms with E-state index in [1.165, 1.54) is 11.3 Å². The number of benzene rings is 1. The molecule has 0 atom stereocenters. The SMILES string of the molecule is COc1ccccc1OC(=O)Cc1csc(-c2ccsc2)n1. The molecule has 3 aromatic rings. The molecule has 2 heterocycles. The minimum atomic E-state index is -0.355. The summed E-state index contributed by atoms with van der Waals surface area (Å²) in [7, 11) is 1.54. The number of thiophene rings is 1. The lowest BCUT2D eigenvalue weighted by atomic mass is 10.3. The molecule has 0 aliphatic heterocycles. The summed E-state index contributed by atoms with van der Waals surface area (Å²) >= 11 is 3.15. The molecule has 0 saturated heterocycles. The van der Waals surface area contributed by atoms with Crippen LogP contribution in [0.25, 0.3) is 10.6 Å². The van der Waals surface area contributed by atoms with Crippen molar-refractivity contribution < 1.29 is 14.3 Å². The molecular formula is C16H13NO3S2. The lowest BCUT2D eigenvalue weighted by Crippen LogP contribution is -2.12. The highest BCUT2D eigenvalue weighted by atomic mass is 32.1. The monoisotopic (exact) mass is 331 g/mol. The number of para-hydroxylation sites is 2. The van der Waals surface area contributed by atoms with Gasteiger partial charge in [-0.1, -0.05) is 12.1 Å². The van der Waals surface area contributed by atoms with Gasteiger partial charge in [-0.15, -0.1) is 11.3 Å². The zero-order chi connectivity index (χ0) is 15.4. The lowest BCUT2D eigenvalue weighted by molar-refractivity contribution is -0.133. The van der Waals surface area contributed by atoms with E-state index >= 15 is 0 Å². The van der Waals surface area contributed by atoms with Crippen molar-refractivity contribution in [2.24, 2.45) is 0 Å². The van der Waals surface area contributed by atoms with Gasteiger partial charge in [-0.25, -0.2) is 4.98 Å². The van der Waals surface area contributed by atoms with Crippen LogP contribution in [0.3, 0.4) is 0 Å². The number of hydrogen-bond donors (Lipinski definition) is 0. The Balaban J connectivity index is 1.67. The van der Waals surface area contributed by atoms with E-state index in [-0.39, 0.29) is 12.4 Å². The quantitative estimate of drug-likeness (QED) is 0.523. The lowest BCUT2D eigenvalue weighted by Gasteiger charge is -2.07. The van der Waals surface area contributed by atoms with Crippen molar-refractivity contribution in [2.75, 3.05) is 7.11 Å². The third kappa shape index (κ3) is 3.35. The smallest absolute Gasteiger partial charge is 0.317 e. The van der Waals surface area contributed by atoms with Crippen molar-refractivity contribution in [1.29, 1.82) is 0 Å². The van der Waals surface area contributed by atoms with Crippen molar-refractivity contribution in [1.82, 2.24) is 4.98 Å². The number of aromatic nitrogens is 1. The molecule has 0 radical (unpaired) electrons. The van der Waals surface area contributed by atoms with Gasteiger partial charge in [0.15, 0.2) is 11.5 Å². The summed E-state index contributed by atoms with van der Waals surface area (Å²) < 4.78 is 10.5. The van der Waals surface area contributed by atoms with E-state index in [1.54, 1.807) is 36.6 Å². The second-order valence-electron chi connectivity index (χ2n) is 4.46. The van der Waals surface area contributed by atoms with E-state index in [4.69, 9.17) is 9.47 Å². The molecule has 0 amide bonds. The molecule has 2 aromatic heterocycles. The van der Waals surface area contributed by atoms with Crippen molar-refractivity contribution in [3.8, 4) is 22.1 Å². The summed E-state index contributed by atoms with van der Waals surface area (Å²) in [6, 6.07) is 9.08. The number of nitrogens with zero attached hydrogens (tertiary/aromatic N) is 1. The zero-order valence-electron chi connectivity index (χ0n) is 11.8. The maximum absolute atomic E-state index is 12.0. The molecule has 0 N–H and O–H groups in total. The first kappa shape index (κ1) is 14.7. The summed E-state index contributed by atoms with van der Waals surface area (Å²) in [5.41, 5.74) is 1.80. The number of methoxy groups -OCH3 is 1. The normalized spacial score (nSPS) is 10.4. The number of esters is 1. The van der Waals surface area contributed by atoms with E-state index in [9.17, 15) is 4.79 Å². The van der Waals surface area contributed by atoms with Gasteiger partial charge in [-0.05, 0) is 23.6 Å². The molecule has 0 unspecified atom stereocenters. The third-order valence-corrected chi connectivity index (χ3v) is 4.56. The van der Waals surface area contributed by atoms with Crippen molar-refractivity contribution in [2.45, 2.75) is 6.42 Å². The highest BCUT2D eigenvalue weighted by Gasteiger charge is 2.13. The summed E-state index contributed by atoms with van der Waals surface area (Å²) in [5, 5.41) is 6.85. The highest BCUT2D eigenvalue weighted by molar-refractivity contribution is 7.14. The van der Waals surface area contributed by atoms with E-state index in [2.05, 4.69) is 4.98 Å². The van der Waals surface area contributed by atoms with Crippen molar-refractivity contribution >= 4 is 28.6 Å². The Morgan fingerprint density at radius 1 is 1.18 bits per heavy atom. The summed E-state index contributed by atoms with van der Waals surface area (Å²) in [6.07, 6.45) is 0.138. The Bertz CT molecular complexity index is 765. The molecule has 0 bridgehead atoms. The van der Waals surface area contributed by atoms with Crippen LogP contribution in [0.2, 0.25) is 0 Å². The zero-order valence-corrected chi connectivity index (χ0v) is 13.4.